The van der Waals surface area contributed by atoms with Crippen molar-refractivity contribution in [3.63, 3.8) is 0 Å². The van der Waals surface area contributed by atoms with E-state index in [0.717, 1.165) is 32.5 Å². The minimum atomic E-state index is -0.466. The van der Waals surface area contributed by atoms with Crippen LogP contribution in [0.5, 0.6) is 0 Å². The molecular formula is C18H27N3O2. The Bertz CT molecular complexity index is 538. The third-order valence-electron chi connectivity index (χ3n) is 4.59. The maximum absolute atomic E-state index is 12.7. The number of amides is 2. The number of nitrogens with zero attached hydrogens (tertiary/aromatic N) is 2. The molecule has 1 heterocycles. The van der Waals surface area contributed by atoms with E-state index in [-0.39, 0.29) is 5.91 Å². The van der Waals surface area contributed by atoms with Gasteiger partial charge in [0.25, 0.3) is 5.91 Å². The highest BCUT2D eigenvalue weighted by Crippen LogP contribution is 2.20. The number of rotatable bonds is 6. The van der Waals surface area contributed by atoms with Crippen LogP contribution in [0.4, 0.5) is 0 Å². The first-order valence-electron chi connectivity index (χ1n) is 8.48. The summed E-state index contributed by atoms with van der Waals surface area (Å²) in [5, 5.41) is 0. The van der Waals surface area contributed by atoms with Gasteiger partial charge in [-0.2, -0.15) is 0 Å². The molecule has 1 fully saturated rings. The summed E-state index contributed by atoms with van der Waals surface area (Å²) in [5.41, 5.74) is 7.26. The molecule has 2 N–H and O–H groups in total. The lowest BCUT2D eigenvalue weighted by Gasteiger charge is -2.33. The SMILES string of the molecule is CCN(CC)Cc1ccc(C(=O)N2CCCC[C@@H]2C(N)=O)cc1. The average molecular weight is 317 g/mol. The van der Waals surface area contributed by atoms with Gasteiger partial charge in [-0.3, -0.25) is 14.5 Å². The Kier molecular flexibility index (Phi) is 6.16. The number of hydrogen-bond acceptors (Lipinski definition) is 3. The largest absolute Gasteiger partial charge is 0.368 e. The molecule has 1 aliphatic rings. The topological polar surface area (TPSA) is 66.6 Å². The second-order valence-corrected chi connectivity index (χ2v) is 6.07. The van der Waals surface area contributed by atoms with Gasteiger partial charge in [0.05, 0.1) is 0 Å². The summed E-state index contributed by atoms with van der Waals surface area (Å²) in [6.07, 6.45) is 2.54. The first-order chi connectivity index (χ1) is 11.1. The van der Waals surface area contributed by atoms with Crippen LogP contribution in [-0.4, -0.2) is 47.3 Å². The van der Waals surface area contributed by atoms with E-state index in [9.17, 15) is 9.59 Å². The fourth-order valence-electron chi connectivity index (χ4n) is 3.09. The van der Waals surface area contributed by atoms with Crippen molar-refractivity contribution in [2.45, 2.75) is 45.7 Å². The molecule has 2 rings (SSSR count). The number of carbonyl (C=O) groups excluding carboxylic acids is 2. The number of hydrogen-bond donors (Lipinski definition) is 1. The van der Waals surface area contributed by atoms with Crippen molar-refractivity contribution >= 4 is 11.8 Å². The van der Waals surface area contributed by atoms with Crippen LogP contribution < -0.4 is 5.73 Å². The third kappa shape index (κ3) is 4.32. The second-order valence-electron chi connectivity index (χ2n) is 6.07. The van der Waals surface area contributed by atoms with E-state index < -0.39 is 11.9 Å². The van der Waals surface area contributed by atoms with Gasteiger partial charge in [0.1, 0.15) is 6.04 Å². The van der Waals surface area contributed by atoms with E-state index in [4.69, 9.17) is 5.73 Å². The molecule has 1 atom stereocenters. The lowest BCUT2D eigenvalue weighted by atomic mass is 10.00. The summed E-state index contributed by atoms with van der Waals surface area (Å²) in [6.45, 7) is 7.78. The van der Waals surface area contributed by atoms with E-state index in [0.29, 0.717) is 18.5 Å². The first-order valence-corrected chi connectivity index (χ1v) is 8.48. The Morgan fingerprint density at radius 1 is 1.17 bits per heavy atom. The lowest BCUT2D eigenvalue weighted by molar-refractivity contribution is -0.123. The predicted octanol–water partition coefficient (Wildman–Crippen LogP) is 2.01. The van der Waals surface area contributed by atoms with Crippen LogP contribution in [-0.2, 0) is 11.3 Å². The molecular weight excluding hydrogens is 290 g/mol. The van der Waals surface area contributed by atoms with Gasteiger partial charge in [-0.05, 0) is 50.0 Å². The Balaban J connectivity index is 2.08. The van der Waals surface area contributed by atoms with Crippen LogP contribution in [0.3, 0.4) is 0 Å². The van der Waals surface area contributed by atoms with Crippen molar-refractivity contribution in [3.05, 3.63) is 35.4 Å². The zero-order valence-corrected chi connectivity index (χ0v) is 14.1. The molecule has 0 spiro atoms. The number of piperidine rings is 1. The quantitative estimate of drug-likeness (QED) is 0.873. The van der Waals surface area contributed by atoms with Crippen molar-refractivity contribution in [1.29, 1.82) is 0 Å². The van der Waals surface area contributed by atoms with E-state index in [2.05, 4.69) is 18.7 Å². The first kappa shape index (κ1) is 17.5. The maximum atomic E-state index is 12.7. The molecule has 0 radical (unpaired) electrons. The van der Waals surface area contributed by atoms with Gasteiger partial charge in [-0.1, -0.05) is 26.0 Å². The Hall–Kier alpha value is -1.88. The van der Waals surface area contributed by atoms with Gasteiger partial charge in [0.15, 0.2) is 0 Å². The van der Waals surface area contributed by atoms with Crippen molar-refractivity contribution < 1.29 is 9.59 Å². The predicted molar refractivity (Wildman–Crippen MR) is 90.9 cm³/mol. The third-order valence-corrected chi connectivity index (χ3v) is 4.59. The number of primary amides is 1. The zero-order valence-electron chi connectivity index (χ0n) is 14.1. The normalized spacial score (nSPS) is 18.2. The Labute approximate surface area is 138 Å². The molecule has 0 aromatic heterocycles. The highest BCUT2D eigenvalue weighted by molar-refractivity contribution is 5.97. The Morgan fingerprint density at radius 3 is 2.39 bits per heavy atom. The molecule has 0 unspecified atom stereocenters. The number of likely N-dealkylation sites (tertiary alicyclic amines) is 1. The smallest absolute Gasteiger partial charge is 0.254 e. The minimum absolute atomic E-state index is 0.0945. The van der Waals surface area contributed by atoms with Gasteiger partial charge >= 0.3 is 0 Å². The maximum Gasteiger partial charge on any atom is 0.254 e. The van der Waals surface area contributed by atoms with Gasteiger partial charge in [0.2, 0.25) is 5.91 Å². The molecule has 23 heavy (non-hydrogen) atoms. The van der Waals surface area contributed by atoms with Crippen molar-refractivity contribution in [2.75, 3.05) is 19.6 Å². The van der Waals surface area contributed by atoms with E-state index in [1.165, 1.54) is 5.56 Å². The van der Waals surface area contributed by atoms with Crippen LogP contribution in [0, 0.1) is 0 Å². The molecule has 2 amide bonds. The second kappa shape index (κ2) is 8.11. The van der Waals surface area contributed by atoms with Gasteiger partial charge in [0, 0.05) is 18.7 Å². The molecule has 5 heteroatoms. The number of carbonyl (C=O) groups is 2. The summed E-state index contributed by atoms with van der Waals surface area (Å²) < 4.78 is 0. The lowest BCUT2D eigenvalue weighted by Crippen LogP contribution is -2.50. The van der Waals surface area contributed by atoms with Crippen LogP contribution >= 0.6 is 0 Å². The van der Waals surface area contributed by atoms with Crippen molar-refractivity contribution in [1.82, 2.24) is 9.80 Å². The van der Waals surface area contributed by atoms with E-state index in [1.807, 2.05) is 24.3 Å². The van der Waals surface area contributed by atoms with Gasteiger partial charge in [-0.15, -0.1) is 0 Å². The molecule has 1 aromatic carbocycles. The zero-order chi connectivity index (χ0) is 16.8. The van der Waals surface area contributed by atoms with Crippen LogP contribution in [0.2, 0.25) is 0 Å². The molecule has 0 aliphatic carbocycles. The fourth-order valence-corrected chi connectivity index (χ4v) is 3.09. The van der Waals surface area contributed by atoms with Crippen molar-refractivity contribution in [2.24, 2.45) is 5.73 Å². The molecule has 1 aliphatic heterocycles. The molecule has 0 bridgehead atoms. The average Bonchev–Trinajstić information content (AvgIpc) is 2.59. The summed E-state index contributed by atoms with van der Waals surface area (Å²) in [6, 6.07) is 7.23. The standard InChI is InChI=1S/C18H27N3O2/c1-3-20(4-2)13-14-8-10-15(11-9-14)18(23)21-12-6-5-7-16(21)17(19)22/h8-11,16H,3-7,12-13H2,1-2H3,(H2,19,22)/t16-/m1/s1. The minimum Gasteiger partial charge on any atom is -0.368 e. The summed E-state index contributed by atoms with van der Waals surface area (Å²) in [7, 11) is 0. The number of nitrogens with two attached hydrogens (primary N) is 1. The summed E-state index contributed by atoms with van der Waals surface area (Å²) >= 11 is 0. The van der Waals surface area contributed by atoms with Crippen LogP contribution in [0.25, 0.3) is 0 Å². The summed E-state index contributed by atoms with van der Waals surface area (Å²) in [4.78, 5) is 28.2. The Morgan fingerprint density at radius 2 is 1.83 bits per heavy atom. The van der Waals surface area contributed by atoms with Gasteiger partial charge in [-0.25, -0.2) is 0 Å². The summed E-state index contributed by atoms with van der Waals surface area (Å²) in [5.74, 6) is -0.501. The number of benzene rings is 1. The van der Waals surface area contributed by atoms with E-state index >= 15 is 0 Å². The molecule has 126 valence electrons. The van der Waals surface area contributed by atoms with Crippen LogP contribution in [0.15, 0.2) is 24.3 Å². The van der Waals surface area contributed by atoms with Gasteiger partial charge < -0.3 is 10.6 Å². The molecule has 1 saturated heterocycles. The fraction of sp³-hybridized carbons (Fsp3) is 0.556. The van der Waals surface area contributed by atoms with E-state index in [1.54, 1.807) is 4.90 Å². The molecule has 0 saturated carbocycles. The molecule has 1 aromatic rings. The van der Waals surface area contributed by atoms with Crippen LogP contribution in [0.1, 0.15) is 49.0 Å². The highest BCUT2D eigenvalue weighted by Gasteiger charge is 2.31. The highest BCUT2D eigenvalue weighted by atomic mass is 16.2. The molecule has 5 nitrogen and oxygen atoms in total. The monoisotopic (exact) mass is 317 g/mol. The van der Waals surface area contributed by atoms with Crippen molar-refractivity contribution in [3.8, 4) is 0 Å².